The molecule has 0 saturated carbocycles. The van der Waals surface area contributed by atoms with Crippen molar-refractivity contribution in [3.63, 3.8) is 0 Å². The topological polar surface area (TPSA) is 79.0 Å². The molecule has 3 aromatic rings. The Balaban J connectivity index is 1.75. The number of pyridine rings is 1. The Morgan fingerprint density at radius 3 is 2.58 bits per heavy atom. The number of carbonyl (C=O) groups is 1. The lowest BCUT2D eigenvalue weighted by atomic mass is 10.2. The van der Waals surface area contributed by atoms with Crippen molar-refractivity contribution in [1.29, 1.82) is 0 Å². The number of hydrogen-bond donors (Lipinski definition) is 3. The van der Waals surface area contributed by atoms with Crippen molar-refractivity contribution in [3.05, 3.63) is 53.9 Å². The molecule has 0 radical (unpaired) electrons. The highest BCUT2D eigenvalue weighted by Gasteiger charge is 2.30. The first-order valence-corrected chi connectivity index (χ1v) is 7.57. The maximum Gasteiger partial charge on any atom is 0.416 e. The van der Waals surface area contributed by atoms with Crippen LogP contribution >= 0.6 is 0 Å². The third-order valence-corrected chi connectivity index (χ3v) is 3.68. The minimum Gasteiger partial charge on any atom is -0.380 e. The maximum atomic E-state index is 12.6. The quantitative estimate of drug-likeness (QED) is 0.643. The fourth-order valence-electron chi connectivity index (χ4n) is 2.53. The summed E-state index contributed by atoms with van der Waals surface area (Å²) in [4.78, 5) is 19.3. The summed E-state index contributed by atoms with van der Waals surface area (Å²) in [6.07, 6.45) is -1.21. The number of methoxy groups -OCH3 is 1. The molecule has 2 amide bonds. The molecule has 0 aliphatic rings. The molecule has 9 heteroatoms. The lowest BCUT2D eigenvalue weighted by molar-refractivity contribution is -0.137. The average molecular weight is 364 g/mol. The van der Waals surface area contributed by atoms with E-state index in [0.717, 1.165) is 17.7 Å². The predicted molar refractivity (Wildman–Crippen MR) is 90.9 cm³/mol. The molecule has 0 saturated heterocycles. The molecule has 0 unspecified atom stereocenters. The van der Waals surface area contributed by atoms with Gasteiger partial charge in [0, 0.05) is 30.6 Å². The second kappa shape index (κ2) is 7.04. The summed E-state index contributed by atoms with van der Waals surface area (Å²) in [6.45, 7) is 0.339. The molecule has 0 bridgehead atoms. The summed E-state index contributed by atoms with van der Waals surface area (Å²) in [5.74, 6) is 0. The van der Waals surface area contributed by atoms with Crippen molar-refractivity contribution in [3.8, 4) is 0 Å². The number of nitrogens with zero attached hydrogens (tertiary/aromatic N) is 1. The molecule has 0 spiro atoms. The molecule has 3 rings (SSSR count). The van der Waals surface area contributed by atoms with Crippen LogP contribution in [-0.2, 0) is 17.5 Å². The lowest BCUT2D eigenvalue weighted by Gasteiger charge is -2.10. The second-order valence-electron chi connectivity index (χ2n) is 5.48. The Kier molecular flexibility index (Phi) is 4.81. The zero-order valence-corrected chi connectivity index (χ0v) is 13.6. The first-order chi connectivity index (χ1) is 12.4. The number of fused-ring (bicyclic) bond motifs is 1. The zero-order chi connectivity index (χ0) is 18.7. The van der Waals surface area contributed by atoms with E-state index >= 15 is 0 Å². The van der Waals surface area contributed by atoms with Crippen LogP contribution in [0.1, 0.15) is 11.1 Å². The highest BCUT2D eigenvalue weighted by atomic mass is 19.4. The number of hydrogen-bond acceptors (Lipinski definition) is 3. The number of ether oxygens (including phenoxy) is 1. The molecule has 6 nitrogen and oxygen atoms in total. The van der Waals surface area contributed by atoms with Crippen molar-refractivity contribution in [2.45, 2.75) is 12.8 Å². The van der Waals surface area contributed by atoms with Crippen LogP contribution in [-0.4, -0.2) is 23.1 Å². The summed E-state index contributed by atoms with van der Waals surface area (Å²) in [7, 11) is 1.56. The van der Waals surface area contributed by atoms with E-state index in [2.05, 4.69) is 20.6 Å². The predicted octanol–water partition coefficient (Wildman–Crippen LogP) is 4.37. The van der Waals surface area contributed by atoms with Crippen LogP contribution in [0.25, 0.3) is 11.0 Å². The van der Waals surface area contributed by atoms with Crippen LogP contribution in [0.3, 0.4) is 0 Å². The van der Waals surface area contributed by atoms with Crippen LogP contribution in [0.5, 0.6) is 0 Å². The first-order valence-electron chi connectivity index (χ1n) is 7.57. The molecular formula is C17H15F3N4O2. The van der Waals surface area contributed by atoms with Gasteiger partial charge in [-0.25, -0.2) is 9.78 Å². The number of nitrogens with one attached hydrogen (secondary N) is 3. The Morgan fingerprint density at radius 1 is 1.19 bits per heavy atom. The van der Waals surface area contributed by atoms with Crippen molar-refractivity contribution >= 4 is 28.4 Å². The number of urea groups is 1. The van der Waals surface area contributed by atoms with E-state index in [1.165, 1.54) is 12.1 Å². The number of amides is 2. The van der Waals surface area contributed by atoms with E-state index < -0.39 is 17.8 Å². The fourth-order valence-corrected chi connectivity index (χ4v) is 2.53. The number of H-pyrrole nitrogens is 1. The smallest absolute Gasteiger partial charge is 0.380 e. The second-order valence-corrected chi connectivity index (χ2v) is 5.48. The van der Waals surface area contributed by atoms with Gasteiger partial charge < -0.3 is 20.4 Å². The Bertz CT molecular complexity index is 920. The van der Waals surface area contributed by atoms with Gasteiger partial charge in [-0.15, -0.1) is 0 Å². The van der Waals surface area contributed by atoms with E-state index in [4.69, 9.17) is 4.74 Å². The highest BCUT2D eigenvalue weighted by Crippen LogP contribution is 2.30. The minimum atomic E-state index is -4.42. The van der Waals surface area contributed by atoms with Gasteiger partial charge in [-0.1, -0.05) is 0 Å². The van der Waals surface area contributed by atoms with Gasteiger partial charge >= 0.3 is 12.2 Å². The van der Waals surface area contributed by atoms with Crippen molar-refractivity contribution in [2.24, 2.45) is 0 Å². The molecule has 26 heavy (non-hydrogen) atoms. The SMILES string of the molecule is COCc1ccnc2[nH]cc(NC(=O)Nc3ccc(C(F)(F)F)cc3)c12. The van der Waals surface area contributed by atoms with Gasteiger partial charge in [0.2, 0.25) is 0 Å². The molecule has 0 aliphatic carbocycles. The maximum absolute atomic E-state index is 12.6. The van der Waals surface area contributed by atoms with Gasteiger partial charge in [0.15, 0.2) is 0 Å². The van der Waals surface area contributed by atoms with Gasteiger partial charge in [-0.3, -0.25) is 0 Å². The van der Waals surface area contributed by atoms with Crippen LogP contribution in [0, 0.1) is 0 Å². The standard InChI is InChI=1S/C17H15F3N4O2/c1-26-9-10-6-7-21-15-14(10)13(8-22-15)24-16(25)23-12-4-2-11(3-5-12)17(18,19)20/h2-8H,9H2,1H3,(H,21,22)(H2,23,24,25). The lowest BCUT2D eigenvalue weighted by Crippen LogP contribution is -2.19. The normalized spacial score (nSPS) is 11.5. The van der Waals surface area contributed by atoms with Crippen LogP contribution in [0.15, 0.2) is 42.7 Å². The van der Waals surface area contributed by atoms with Crippen LogP contribution in [0.2, 0.25) is 0 Å². The summed E-state index contributed by atoms with van der Waals surface area (Å²) in [5.41, 5.74) is 1.37. The number of carbonyl (C=O) groups excluding carboxylic acids is 1. The number of halogens is 3. The number of alkyl halides is 3. The number of aromatic nitrogens is 2. The first kappa shape index (κ1) is 17.7. The average Bonchev–Trinajstić information content (AvgIpc) is 2.99. The van der Waals surface area contributed by atoms with E-state index in [0.29, 0.717) is 23.3 Å². The molecule has 0 fully saturated rings. The molecule has 3 N–H and O–H groups in total. The van der Waals surface area contributed by atoms with Gasteiger partial charge in [0.05, 0.1) is 17.9 Å². The fraction of sp³-hybridized carbons (Fsp3) is 0.176. The number of aromatic amines is 1. The third-order valence-electron chi connectivity index (χ3n) is 3.68. The van der Waals surface area contributed by atoms with Crippen molar-refractivity contribution in [2.75, 3.05) is 17.7 Å². The van der Waals surface area contributed by atoms with Gasteiger partial charge in [0.25, 0.3) is 0 Å². The highest BCUT2D eigenvalue weighted by molar-refractivity contribution is 6.06. The zero-order valence-electron chi connectivity index (χ0n) is 13.6. The molecule has 136 valence electrons. The Labute approximate surface area is 146 Å². The Hall–Kier alpha value is -3.07. The number of rotatable bonds is 4. The molecule has 0 atom stereocenters. The molecule has 2 heterocycles. The Morgan fingerprint density at radius 2 is 1.92 bits per heavy atom. The summed E-state index contributed by atoms with van der Waals surface area (Å²) >= 11 is 0. The monoisotopic (exact) mass is 364 g/mol. The van der Waals surface area contributed by atoms with E-state index in [-0.39, 0.29) is 5.69 Å². The van der Waals surface area contributed by atoms with E-state index in [1.54, 1.807) is 25.6 Å². The van der Waals surface area contributed by atoms with Gasteiger partial charge in [-0.05, 0) is 35.9 Å². The van der Waals surface area contributed by atoms with Crippen LogP contribution < -0.4 is 10.6 Å². The largest absolute Gasteiger partial charge is 0.416 e. The molecule has 2 aromatic heterocycles. The van der Waals surface area contributed by atoms with E-state index in [9.17, 15) is 18.0 Å². The summed E-state index contributed by atoms with van der Waals surface area (Å²) < 4.78 is 42.8. The number of benzene rings is 1. The van der Waals surface area contributed by atoms with Crippen LogP contribution in [0.4, 0.5) is 29.3 Å². The molecule has 1 aromatic carbocycles. The van der Waals surface area contributed by atoms with Gasteiger partial charge in [0.1, 0.15) is 5.65 Å². The van der Waals surface area contributed by atoms with Crippen molar-refractivity contribution < 1.29 is 22.7 Å². The number of anilines is 2. The van der Waals surface area contributed by atoms with Crippen molar-refractivity contribution in [1.82, 2.24) is 9.97 Å². The minimum absolute atomic E-state index is 0.241. The third kappa shape index (κ3) is 3.77. The van der Waals surface area contributed by atoms with Gasteiger partial charge in [-0.2, -0.15) is 13.2 Å². The summed E-state index contributed by atoms with van der Waals surface area (Å²) in [6, 6.07) is 5.38. The molecular weight excluding hydrogens is 349 g/mol. The summed E-state index contributed by atoms with van der Waals surface area (Å²) in [5, 5.41) is 5.86. The van der Waals surface area contributed by atoms with E-state index in [1.807, 2.05) is 0 Å². The molecule has 0 aliphatic heterocycles.